The van der Waals surface area contributed by atoms with E-state index < -0.39 is 16.7 Å². The van der Waals surface area contributed by atoms with Crippen LogP contribution in [0.2, 0.25) is 0 Å². The normalized spacial score (nSPS) is 13.3. The van der Waals surface area contributed by atoms with Gasteiger partial charge < -0.3 is 14.8 Å². The second kappa shape index (κ2) is 9.41. The fraction of sp³-hybridized carbons (Fsp3) is 0.125. The Kier molecular flexibility index (Phi) is 6.22. The molecule has 10 heteroatoms. The number of nitrogens with one attached hydrogen (secondary N) is 1. The quantitative estimate of drug-likeness (QED) is 0.308. The lowest BCUT2D eigenvalue weighted by molar-refractivity contribution is -0.384. The van der Waals surface area contributed by atoms with Gasteiger partial charge in [0.1, 0.15) is 17.2 Å². The summed E-state index contributed by atoms with van der Waals surface area (Å²) >= 11 is 0. The minimum absolute atomic E-state index is 0.0163. The molecule has 0 atom stereocenters. The number of carbonyl (C=O) groups excluding carboxylic acids is 2. The Morgan fingerprint density at radius 3 is 2.41 bits per heavy atom. The van der Waals surface area contributed by atoms with E-state index in [-0.39, 0.29) is 23.5 Å². The third kappa shape index (κ3) is 4.29. The third-order valence-corrected chi connectivity index (χ3v) is 5.26. The lowest BCUT2D eigenvalue weighted by Crippen LogP contribution is -2.32. The summed E-state index contributed by atoms with van der Waals surface area (Å²) < 4.78 is 10.7. The highest BCUT2D eigenvalue weighted by atomic mass is 16.6. The molecule has 0 saturated carbocycles. The number of imide groups is 1. The lowest BCUT2D eigenvalue weighted by Gasteiger charge is -2.16. The summed E-state index contributed by atoms with van der Waals surface area (Å²) in [6.45, 7) is 0.0163. The first kappa shape index (κ1) is 22.5. The van der Waals surface area contributed by atoms with E-state index in [1.807, 2.05) is 0 Å². The molecule has 0 fully saturated rings. The number of methoxy groups -OCH3 is 2. The number of benzene rings is 2. The van der Waals surface area contributed by atoms with Gasteiger partial charge in [0.05, 0.1) is 36.9 Å². The first-order valence-corrected chi connectivity index (χ1v) is 10.2. The van der Waals surface area contributed by atoms with E-state index in [0.29, 0.717) is 28.3 Å². The maximum absolute atomic E-state index is 13.4. The number of pyridine rings is 1. The second-order valence-electron chi connectivity index (χ2n) is 7.30. The van der Waals surface area contributed by atoms with Crippen LogP contribution in [-0.4, -0.2) is 40.8 Å². The van der Waals surface area contributed by atoms with E-state index >= 15 is 0 Å². The molecule has 172 valence electrons. The molecule has 34 heavy (non-hydrogen) atoms. The number of hydrogen-bond acceptors (Lipinski definition) is 8. The molecule has 0 radical (unpaired) electrons. The molecule has 1 N–H and O–H groups in total. The molecule has 1 aliphatic heterocycles. The van der Waals surface area contributed by atoms with Crippen molar-refractivity contribution in [1.29, 1.82) is 0 Å². The molecule has 1 aromatic heterocycles. The summed E-state index contributed by atoms with van der Waals surface area (Å²) in [6.07, 6.45) is 3.17. The molecule has 0 spiro atoms. The maximum Gasteiger partial charge on any atom is 0.278 e. The number of ether oxygens (including phenoxy) is 2. The molecule has 2 heterocycles. The summed E-state index contributed by atoms with van der Waals surface area (Å²) in [5.74, 6) is -0.133. The molecular weight excluding hydrogens is 440 g/mol. The van der Waals surface area contributed by atoms with Gasteiger partial charge in [0, 0.05) is 30.6 Å². The van der Waals surface area contributed by atoms with Crippen molar-refractivity contribution >= 4 is 28.8 Å². The molecule has 2 amide bonds. The van der Waals surface area contributed by atoms with E-state index in [9.17, 15) is 19.7 Å². The second-order valence-corrected chi connectivity index (χ2v) is 7.30. The zero-order valence-corrected chi connectivity index (χ0v) is 18.3. The molecular formula is C24H20N4O6. The summed E-state index contributed by atoms with van der Waals surface area (Å²) in [5.41, 5.74) is 1.44. The zero-order valence-electron chi connectivity index (χ0n) is 18.3. The molecule has 4 rings (SSSR count). The Morgan fingerprint density at radius 2 is 1.79 bits per heavy atom. The number of aromatic nitrogens is 1. The van der Waals surface area contributed by atoms with E-state index in [1.165, 1.54) is 38.5 Å². The standard InChI is InChI=1S/C24H20N4O6/c1-33-18-9-10-20(34-2)19(12-18)26-22-21(16-5-7-17(8-6-16)28(31)32)23(29)27(24(22)30)14-15-4-3-11-25-13-15/h3-13,26H,14H2,1-2H3. The van der Waals surface area contributed by atoms with Gasteiger partial charge in [-0.1, -0.05) is 6.07 Å². The van der Waals surface area contributed by atoms with Crippen molar-refractivity contribution in [1.82, 2.24) is 9.88 Å². The van der Waals surface area contributed by atoms with Gasteiger partial charge in [0.25, 0.3) is 17.5 Å². The Bertz CT molecular complexity index is 1290. The summed E-state index contributed by atoms with van der Waals surface area (Å²) in [5, 5.41) is 14.1. The number of rotatable bonds is 8. The molecule has 0 aliphatic carbocycles. The number of non-ortho nitro benzene ring substituents is 1. The number of nitro benzene ring substituents is 1. The van der Waals surface area contributed by atoms with E-state index in [1.54, 1.807) is 42.7 Å². The number of carbonyl (C=O) groups is 2. The van der Waals surface area contributed by atoms with Crippen LogP contribution in [0.5, 0.6) is 11.5 Å². The monoisotopic (exact) mass is 460 g/mol. The van der Waals surface area contributed by atoms with Crippen LogP contribution in [0.25, 0.3) is 5.57 Å². The molecule has 1 aliphatic rings. The van der Waals surface area contributed by atoms with Crippen LogP contribution in [0, 0.1) is 10.1 Å². The molecule has 3 aromatic rings. The van der Waals surface area contributed by atoms with Crippen molar-refractivity contribution in [2.45, 2.75) is 6.54 Å². The Morgan fingerprint density at radius 1 is 1.03 bits per heavy atom. The molecule has 2 aromatic carbocycles. The van der Waals surface area contributed by atoms with Crippen LogP contribution >= 0.6 is 0 Å². The van der Waals surface area contributed by atoms with Crippen LogP contribution in [0.3, 0.4) is 0 Å². The fourth-order valence-electron chi connectivity index (χ4n) is 3.57. The van der Waals surface area contributed by atoms with Gasteiger partial charge in [-0.15, -0.1) is 0 Å². The number of anilines is 1. The smallest absolute Gasteiger partial charge is 0.278 e. The minimum atomic E-state index is -0.549. The predicted molar refractivity (Wildman–Crippen MR) is 123 cm³/mol. The van der Waals surface area contributed by atoms with Gasteiger partial charge in [-0.05, 0) is 41.5 Å². The average molecular weight is 460 g/mol. The number of nitro groups is 1. The van der Waals surface area contributed by atoms with Crippen LogP contribution in [0.15, 0.2) is 72.7 Å². The Labute approximate surface area is 194 Å². The van der Waals surface area contributed by atoms with Gasteiger partial charge in [0.2, 0.25) is 0 Å². The number of hydrogen-bond donors (Lipinski definition) is 1. The summed E-state index contributed by atoms with van der Waals surface area (Å²) in [4.78, 5) is 42.5. The molecule has 0 unspecified atom stereocenters. The van der Waals surface area contributed by atoms with Gasteiger partial charge in [-0.2, -0.15) is 0 Å². The topological polar surface area (TPSA) is 124 Å². The van der Waals surface area contributed by atoms with Crippen LogP contribution in [0.4, 0.5) is 11.4 Å². The van der Waals surface area contributed by atoms with E-state index in [2.05, 4.69) is 10.3 Å². The van der Waals surface area contributed by atoms with Crippen molar-refractivity contribution in [2.24, 2.45) is 0 Å². The molecule has 0 bridgehead atoms. The van der Waals surface area contributed by atoms with Gasteiger partial charge >= 0.3 is 0 Å². The lowest BCUT2D eigenvalue weighted by atomic mass is 10.0. The molecule has 10 nitrogen and oxygen atoms in total. The fourth-order valence-corrected chi connectivity index (χ4v) is 3.57. The number of amides is 2. The van der Waals surface area contributed by atoms with Gasteiger partial charge in [0.15, 0.2) is 0 Å². The van der Waals surface area contributed by atoms with Crippen molar-refractivity contribution in [3.8, 4) is 11.5 Å². The highest BCUT2D eigenvalue weighted by Crippen LogP contribution is 2.36. The SMILES string of the molecule is COc1ccc(OC)c(NC2=C(c3ccc([N+](=O)[O-])cc3)C(=O)N(Cc3cccnc3)C2=O)c1. The first-order chi connectivity index (χ1) is 16.4. The minimum Gasteiger partial charge on any atom is -0.497 e. The zero-order chi connectivity index (χ0) is 24.2. The number of nitrogens with zero attached hydrogens (tertiary/aromatic N) is 3. The maximum atomic E-state index is 13.4. The van der Waals surface area contributed by atoms with E-state index in [0.717, 1.165) is 4.90 Å². The summed E-state index contributed by atoms with van der Waals surface area (Å²) in [6, 6.07) is 13.9. The predicted octanol–water partition coefficient (Wildman–Crippen LogP) is 3.40. The van der Waals surface area contributed by atoms with Gasteiger partial charge in [-0.3, -0.25) is 29.6 Å². The van der Waals surface area contributed by atoms with Crippen LogP contribution < -0.4 is 14.8 Å². The Balaban J connectivity index is 1.79. The highest BCUT2D eigenvalue weighted by molar-refractivity contribution is 6.36. The first-order valence-electron chi connectivity index (χ1n) is 10.2. The van der Waals surface area contributed by atoms with Crippen molar-refractivity contribution in [3.05, 3.63) is 93.9 Å². The van der Waals surface area contributed by atoms with Crippen molar-refractivity contribution in [3.63, 3.8) is 0 Å². The van der Waals surface area contributed by atoms with Crippen molar-refractivity contribution in [2.75, 3.05) is 19.5 Å². The molecule has 0 saturated heterocycles. The van der Waals surface area contributed by atoms with E-state index in [4.69, 9.17) is 9.47 Å². The highest BCUT2D eigenvalue weighted by Gasteiger charge is 2.39. The average Bonchev–Trinajstić information content (AvgIpc) is 3.08. The Hall–Kier alpha value is -4.73. The largest absolute Gasteiger partial charge is 0.497 e. The third-order valence-electron chi connectivity index (χ3n) is 5.26. The van der Waals surface area contributed by atoms with Crippen LogP contribution in [-0.2, 0) is 16.1 Å². The summed E-state index contributed by atoms with van der Waals surface area (Å²) in [7, 11) is 2.99. The van der Waals surface area contributed by atoms with Gasteiger partial charge in [-0.25, -0.2) is 0 Å². The van der Waals surface area contributed by atoms with Crippen molar-refractivity contribution < 1.29 is 24.0 Å². The van der Waals surface area contributed by atoms with Crippen LogP contribution in [0.1, 0.15) is 11.1 Å².